The van der Waals surface area contributed by atoms with E-state index in [9.17, 15) is 4.79 Å². The summed E-state index contributed by atoms with van der Waals surface area (Å²) in [4.78, 5) is 13.4. The molecule has 0 aliphatic heterocycles. The SMILES string of the molecule is CCOC(=O)c1c(-c2ccc3nsnc3c2)c2cc(OCC)ccc2n1Cc1ccc(OC)cc1. The number of methoxy groups -OCH3 is 1. The van der Waals surface area contributed by atoms with Crippen LogP contribution < -0.4 is 9.47 Å². The van der Waals surface area contributed by atoms with Crippen LogP contribution in [-0.2, 0) is 11.3 Å². The molecule has 8 heteroatoms. The van der Waals surface area contributed by atoms with Gasteiger partial charge in [0.25, 0.3) is 0 Å². The van der Waals surface area contributed by atoms with E-state index in [0.29, 0.717) is 18.8 Å². The van der Waals surface area contributed by atoms with Crippen LogP contribution in [-0.4, -0.2) is 39.6 Å². The van der Waals surface area contributed by atoms with Gasteiger partial charge in [0.15, 0.2) is 0 Å². The molecule has 0 amide bonds. The Bertz CT molecular complexity index is 1500. The highest BCUT2D eigenvalue weighted by atomic mass is 32.1. The van der Waals surface area contributed by atoms with Crippen LogP contribution in [0.25, 0.3) is 33.1 Å². The van der Waals surface area contributed by atoms with Crippen molar-refractivity contribution in [2.75, 3.05) is 20.3 Å². The molecule has 0 aliphatic carbocycles. The molecule has 2 aromatic heterocycles. The summed E-state index contributed by atoms with van der Waals surface area (Å²) < 4.78 is 27.4. The Hall–Kier alpha value is -3.91. The van der Waals surface area contributed by atoms with Gasteiger partial charge in [-0.1, -0.05) is 18.2 Å². The fraction of sp³-hybridized carbons (Fsp3) is 0.222. The van der Waals surface area contributed by atoms with E-state index >= 15 is 0 Å². The second-order valence-corrected chi connectivity index (χ2v) is 8.49. The van der Waals surface area contributed by atoms with Gasteiger partial charge in [0.1, 0.15) is 28.2 Å². The van der Waals surface area contributed by atoms with E-state index in [2.05, 4.69) is 8.75 Å². The standard InChI is InChI=1S/C27H25N3O4S/c1-4-33-20-11-13-24-21(15-20)25(18-8-12-22-23(14-18)29-35-28-22)26(27(31)34-5-2)30(24)16-17-6-9-19(32-3)10-7-17/h6-15H,4-5,16H2,1-3H3. The van der Waals surface area contributed by atoms with Gasteiger partial charge in [0.2, 0.25) is 0 Å². The molecular formula is C27H25N3O4S. The Morgan fingerprint density at radius 1 is 0.914 bits per heavy atom. The smallest absolute Gasteiger partial charge is 0.355 e. The first-order valence-corrected chi connectivity index (χ1v) is 12.2. The molecule has 0 aliphatic rings. The summed E-state index contributed by atoms with van der Waals surface area (Å²) in [5.74, 6) is 1.15. The maximum Gasteiger partial charge on any atom is 0.355 e. The van der Waals surface area contributed by atoms with Gasteiger partial charge >= 0.3 is 5.97 Å². The summed E-state index contributed by atoms with van der Waals surface area (Å²) in [6, 6.07) is 19.6. The molecule has 5 rings (SSSR count). The molecule has 7 nitrogen and oxygen atoms in total. The molecule has 0 atom stereocenters. The number of rotatable bonds is 8. The zero-order valence-corrected chi connectivity index (χ0v) is 20.6. The first-order valence-electron chi connectivity index (χ1n) is 11.4. The van der Waals surface area contributed by atoms with Crippen LogP contribution in [0.1, 0.15) is 29.9 Å². The van der Waals surface area contributed by atoms with E-state index in [4.69, 9.17) is 14.2 Å². The summed E-state index contributed by atoms with van der Waals surface area (Å²) in [5, 5.41) is 0.912. The van der Waals surface area contributed by atoms with Gasteiger partial charge in [0.05, 0.1) is 32.1 Å². The number of esters is 1. The maximum atomic E-state index is 13.4. The van der Waals surface area contributed by atoms with E-state index < -0.39 is 0 Å². The molecule has 35 heavy (non-hydrogen) atoms. The number of ether oxygens (including phenoxy) is 3. The molecule has 5 aromatic rings. The van der Waals surface area contributed by atoms with Crippen molar-refractivity contribution < 1.29 is 19.0 Å². The highest BCUT2D eigenvalue weighted by molar-refractivity contribution is 7.00. The average molecular weight is 488 g/mol. The number of benzene rings is 3. The highest BCUT2D eigenvalue weighted by Crippen LogP contribution is 2.39. The van der Waals surface area contributed by atoms with Crippen LogP contribution in [0.2, 0.25) is 0 Å². The lowest BCUT2D eigenvalue weighted by atomic mass is 10.0. The Morgan fingerprint density at radius 3 is 2.43 bits per heavy atom. The largest absolute Gasteiger partial charge is 0.497 e. The first-order chi connectivity index (χ1) is 17.1. The molecule has 0 saturated carbocycles. The van der Waals surface area contributed by atoms with Gasteiger partial charge < -0.3 is 18.8 Å². The van der Waals surface area contributed by atoms with E-state index in [-0.39, 0.29) is 12.6 Å². The van der Waals surface area contributed by atoms with E-state index in [1.165, 1.54) is 11.7 Å². The van der Waals surface area contributed by atoms with Crippen LogP contribution in [0.15, 0.2) is 60.7 Å². The number of carbonyl (C=O) groups excluding carboxylic acids is 1. The minimum Gasteiger partial charge on any atom is -0.497 e. The lowest BCUT2D eigenvalue weighted by Gasteiger charge is -2.12. The first kappa shape index (κ1) is 22.9. The predicted molar refractivity (Wildman–Crippen MR) is 138 cm³/mol. The van der Waals surface area contributed by atoms with Gasteiger partial charge in [-0.3, -0.25) is 0 Å². The normalized spacial score (nSPS) is 11.2. The van der Waals surface area contributed by atoms with Crippen LogP contribution in [0.4, 0.5) is 0 Å². The van der Waals surface area contributed by atoms with Gasteiger partial charge in [-0.25, -0.2) is 4.79 Å². The van der Waals surface area contributed by atoms with Crippen molar-refractivity contribution in [2.45, 2.75) is 20.4 Å². The topological polar surface area (TPSA) is 75.5 Å². The van der Waals surface area contributed by atoms with Crippen molar-refractivity contribution in [3.05, 3.63) is 71.9 Å². The highest BCUT2D eigenvalue weighted by Gasteiger charge is 2.26. The third kappa shape index (κ3) is 4.33. The number of nitrogens with zero attached hydrogens (tertiary/aromatic N) is 3. The summed E-state index contributed by atoms with van der Waals surface area (Å²) in [7, 11) is 1.64. The third-order valence-corrected chi connectivity index (χ3v) is 6.41. The van der Waals surface area contributed by atoms with Gasteiger partial charge in [0, 0.05) is 23.0 Å². The Balaban J connectivity index is 1.77. The quantitative estimate of drug-likeness (QED) is 0.252. The molecule has 0 unspecified atom stereocenters. The lowest BCUT2D eigenvalue weighted by molar-refractivity contribution is 0.0516. The minimum atomic E-state index is -0.373. The lowest BCUT2D eigenvalue weighted by Crippen LogP contribution is -2.14. The summed E-state index contributed by atoms with van der Waals surface area (Å²) in [6.45, 7) is 5.08. The minimum absolute atomic E-state index is 0.279. The van der Waals surface area contributed by atoms with Crippen molar-refractivity contribution in [3.8, 4) is 22.6 Å². The summed E-state index contributed by atoms with van der Waals surface area (Å²) in [6.07, 6.45) is 0. The fourth-order valence-electron chi connectivity index (χ4n) is 4.31. The number of aromatic nitrogens is 3. The Labute approximate surface area is 207 Å². The van der Waals surface area contributed by atoms with Crippen LogP contribution in [0.3, 0.4) is 0 Å². The number of fused-ring (bicyclic) bond motifs is 2. The molecule has 0 spiro atoms. The Morgan fingerprint density at radius 2 is 1.69 bits per heavy atom. The average Bonchev–Trinajstić information content (AvgIpc) is 3.47. The molecular weight excluding hydrogens is 462 g/mol. The maximum absolute atomic E-state index is 13.4. The summed E-state index contributed by atoms with van der Waals surface area (Å²) >= 11 is 1.17. The molecule has 0 N–H and O–H groups in total. The zero-order chi connectivity index (χ0) is 24.4. The van der Waals surface area contributed by atoms with Gasteiger partial charge in [-0.05, 0) is 67.4 Å². The van der Waals surface area contributed by atoms with Crippen molar-refractivity contribution in [1.82, 2.24) is 13.3 Å². The van der Waals surface area contributed by atoms with Crippen LogP contribution in [0, 0.1) is 0 Å². The molecule has 3 aromatic carbocycles. The molecule has 0 fully saturated rings. The number of carbonyl (C=O) groups is 1. The van der Waals surface area contributed by atoms with Gasteiger partial charge in [-0.2, -0.15) is 8.75 Å². The third-order valence-electron chi connectivity index (χ3n) is 5.86. The zero-order valence-electron chi connectivity index (χ0n) is 19.8. The molecule has 0 radical (unpaired) electrons. The fourth-order valence-corrected chi connectivity index (χ4v) is 4.83. The van der Waals surface area contributed by atoms with E-state index in [0.717, 1.165) is 50.1 Å². The molecule has 0 saturated heterocycles. The monoisotopic (exact) mass is 487 g/mol. The van der Waals surface area contributed by atoms with E-state index in [1.54, 1.807) is 7.11 Å². The van der Waals surface area contributed by atoms with Crippen molar-refractivity contribution in [3.63, 3.8) is 0 Å². The Kier molecular flexibility index (Phi) is 6.37. The number of hydrogen-bond donors (Lipinski definition) is 0. The molecule has 178 valence electrons. The number of hydrogen-bond acceptors (Lipinski definition) is 7. The van der Waals surface area contributed by atoms with Crippen molar-refractivity contribution in [1.29, 1.82) is 0 Å². The molecule has 0 bridgehead atoms. The van der Waals surface area contributed by atoms with Crippen molar-refractivity contribution in [2.24, 2.45) is 0 Å². The van der Waals surface area contributed by atoms with Crippen molar-refractivity contribution >= 4 is 39.6 Å². The van der Waals surface area contributed by atoms with E-state index in [1.807, 2.05) is 79.1 Å². The second-order valence-electron chi connectivity index (χ2n) is 7.96. The molecule has 2 heterocycles. The van der Waals surface area contributed by atoms with Crippen LogP contribution >= 0.6 is 11.7 Å². The second kappa shape index (κ2) is 9.76. The summed E-state index contributed by atoms with van der Waals surface area (Å²) in [5.41, 5.74) is 5.73. The van der Waals surface area contributed by atoms with Gasteiger partial charge in [-0.15, -0.1) is 0 Å². The van der Waals surface area contributed by atoms with Crippen LogP contribution in [0.5, 0.6) is 11.5 Å². The predicted octanol–water partition coefficient (Wildman–Crippen LogP) is 5.95.